The molecule has 0 saturated carbocycles. The van der Waals surface area contributed by atoms with Crippen molar-refractivity contribution < 1.29 is 0 Å². The summed E-state index contributed by atoms with van der Waals surface area (Å²) in [6.07, 6.45) is 3.44. The molecule has 0 aromatic heterocycles. The molecule has 0 unspecified atom stereocenters. The first-order chi connectivity index (χ1) is 9.60. The van der Waals surface area contributed by atoms with Crippen molar-refractivity contribution in [3.63, 3.8) is 0 Å². The molecule has 2 aromatic rings. The third kappa shape index (κ3) is 3.68. The Kier molecular flexibility index (Phi) is 4.92. The molecule has 0 fully saturated rings. The SMILES string of the molecule is N#Cc1cc(Cl)cc(Cl)c1C=CNc1ccc(Cl)cc1. The summed E-state index contributed by atoms with van der Waals surface area (Å²) in [6, 6.07) is 12.5. The predicted octanol–water partition coefficient (Wildman–Crippen LogP) is 5.60. The first kappa shape index (κ1) is 14.7. The Labute approximate surface area is 132 Å². The van der Waals surface area contributed by atoms with Crippen molar-refractivity contribution in [2.24, 2.45) is 0 Å². The molecule has 0 saturated heterocycles. The lowest BCUT2D eigenvalue weighted by molar-refractivity contribution is 1.47. The molecule has 0 atom stereocenters. The average Bonchev–Trinajstić information content (AvgIpc) is 2.42. The van der Waals surface area contributed by atoms with Crippen molar-refractivity contribution >= 4 is 46.6 Å². The summed E-state index contributed by atoms with van der Waals surface area (Å²) in [5, 5.41) is 13.7. The van der Waals surface area contributed by atoms with Gasteiger partial charge in [-0.1, -0.05) is 34.8 Å². The number of benzene rings is 2. The molecule has 2 aromatic carbocycles. The summed E-state index contributed by atoms with van der Waals surface area (Å²) in [5.74, 6) is 0. The molecular formula is C15H9Cl3N2. The van der Waals surface area contributed by atoms with Crippen LogP contribution in [-0.4, -0.2) is 0 Å². The van der Waals surface area contributed by atoms with Gasteiger partial charge in [-0.05, 0) is 42.5 Å². The first-order valence-corrected chi connectivity index (χ1v) is 6.81. The number of hydrogen-bond acceptors (Lipinski definition) is 2. The van der Waals surface area contributed by atoms with Gasteiger partial charge in [0.05, 0.1) is 16.7 Å². The fraction of sp³-hybridized carbons (Fsp3) is 0. The molecule has 0 aliphatic carbocycles. The molecule has 0 radical (unpaired) electrons. The highest BCUT2D eigenvalue weighted by molar-refractivity contribution is 6.35. The molecule has 0 amide bonds. The average molecular weight is 324 g/mol. The van der Waals surface area contributed by atoms with Gasteiger partial charge >= 0.3 is 0 Å². The third-order valence-electron chi connectivity index (χ3n) is 2.56. The molecular weight excluding hydrogens is 315 g/mol. The van der Waals surface area contributed by atoms with Crippen LogP contribution in [0.25, 0.3) is 6.08 Å². The van der Waals surface area contributed by atoms with Crippen molar-refractivity contribution in [2.45, 2.75) is 0 Å². The van der Waals surface area contributed by atoms with Crippen LogP contribution in [0.15, 0.2) is 42.6 Å². The second-order valence-electron chi connectivity index (χ2n) is 3.95. The van der Waals surface area contributed by atoms with Gasteiger partial charge in [-0.3, -0.25) is 0 Å². The molecule has 0 bridgehead atoms. The minimum Gasteiger partial charge on any atom is -0.362 e. The number of anilines is 1. The Morgan fingerprint density at radius 1 is 1.00 bits per heavy atom. The van der Waals surface area contributed by atoms with Gasteiger partial charge in [-0.25, -0.2) is 0 Å². The number of halogens is 3. The van der Waals surface area contributed by atoms with Crippen LogP contribution in [0.2, 0.25) is 15.1 Å². The Hall–Kier alpha value is -1.66. The van der Waals surface area contributed by atoms with Crippen LogP contribution in [0.3, 0.4) is 0 Å². The Morgan fingerprint density at radius 3 is 2.35 bits per heavy atom. The fourth-order valence-corrected chi connectivity index (χ4v) is 2.30. The van der Waals surface area contributed by atoms with Crippen LogP contribution >= 0.6 is 34.8 Å². The van der Waals surface area contributed by atoms with Crippen LogP contribution < -0.4 is 5.32 Å². The Morgan fingerprint density at radius 2 is 1.70 bits per heavy atom. The maximum Gasteiger partial charge on any atom is 0.0999 e. The minimum atomic E-state index is 0.427. The highest BCUT2D eigenvalue weighted by Gasteiger charge is 2.05. The molecule has 2 nitrogen and oxygen atoms in total. The number of hydrogen-bond donors (Lipinski definition) is 1. The fourth-order valence-electron chi connectivity index (χ4n) is 1.61. The third-order valence-corrected chi connectivity index (χ3v) is 3.34. The predicted molar refractivity (Wildman–Crippen MR) is 85.3 cm³/mol. The van der Waals surface area contributed by atoms with E-state index in [9.17, 15) is 0 Å². The lowest BCUT2D eigenvalue weighted by Gasteiger charge is -2.04. The minimum absolute atomic E-state index is 0.427. The van der Waals surface area contributed by atoms with Gasteiger partial charge in [0, 0.05) is 27.5 Å². The number of nitrogens with one attached hydrogen (secondary N) is 1. The van der Waals surface area contributed by atoms with E-state index >= 15 is 0 Å². The Bertz CT molecular complexity index is 686. The quantitative estimate of drug-likeness (QED) is 0.798. The largest absolute Gasteiger partial charge is 0.362 e. The lowest BCUT2D eigenvalue weighted by atomic mass is 10.1. The van der Waals surface area contributed by atoms with Gasteiger partial charge in [0.2, 0.25) is 0 Å². The molecule has 0 aliphatic rings. The van der Waals surface area contributed by atoms with E-state index in [1.54, 1.807) is 36.5 Å². The second-order valence-corrected chi connectivity index (χ2v) is 5.23. The lowest BCUT2D eigenvalue weighted by Crippen LogP contribution is -1.89. The number of rotatable bonds is 3. The Balaban J connectivity index is 2.20. The van der Waals surface area contributed by atoms with E-state index < -0.39 is 0 Å². The van der Waals surface area contributed by atoms with Crippen molar-refractivity contribution in [3.8, 4) is 6.07 Å². The summed E-state index contributed by atoms with van der Waals surface area (Å²) in [7, 11) is 0. The first-order valence-electron chi connectivity index (χ1n) is 5.68. The van der Waals surface area contributed by atoms with Gasteiger partial charge in [0.15, 0.2) is 0 Å². The summed E-state index contributed by atoms with van der Waals surface area (Å²) in [5.41, 5.74) is 1.94. The van der Waals surface area contributed by atoms with E-state index in [0.29, 0.717) is 26.2 Å². The number of nitrogens with zero attached hydrogens (tertiary/aromatic N) is 1. The van der Waals surface area contributed by atoms with E-state index in [4.69, 9.17) is 40.1 Å². The van der Waals surface area contributed by atoms with Gasteiger partial charge in [-0.15, -0.1) is 0 Å². The standard InChI is InChI=1S/C15H9Cl3N2/c16-11-1-3-13(4-2-11)20-6-5-14-10(9-19)7-12(17)8-15(14)18/h1-8,20H. The van der Waals surface area contributed by atoms with Crippen LogP contribution in [-0.2, 0) is 0 Å². The normalized spacial score (nSPS) is 10.5. The van der Waals surface area contributed by atoms with Crippen LogP contribution in [0.5, 0.6) is 0 Å². The van der Waals surface area contributed by atoms with Crippen LogP contribution in [0.1, 0.15) is 11.1 Å². The monoisotopic (exact) mass is 322 g/mol. The molecule has 20 heavy (non-hydrogen) atoms. The number of nitriles is 1. The maximum atomic E-state index is 9.08. The van der Waals surface area contributed by atoms with Crippen molar-refractivity contribution in [3.05, 3.63) is 68.8 Å². The van der Waals surface area contributed by atoms with Crippen molar-refractivity contribution in [2.75, 3.05) is 5.32 Å². The molecule has 2 rings (SSSR count). The maximum absolute atomic E-state index is 9.08. The van der Waals surface area contributed by atoms with E-state index in [0.717, 1.165) is 5.69 Å². The zero-order valence-corrected chi connectivity index (χ0v) is 12.5. The molecule has 5 heteroatoms. The summed E-state index contributed by atoms with van der Waals surface area (Å²) >= 11 is 17.7. The van der Waals surface area contributed by atoms with Crippen molar-refractivity contribution in [1.82, 2.24) is 0 Å². The highest BCUT2D eigenvalue weighted by atomic mass is 35.5. The molecule has 100 valence electrons. The smallest absolute Gasteiger partial charge is 0.0999 e. The summed E-state index contributed by atoms with van der Waals surface area (Å²) in [6.45, 7) is 0. The van der Waals surface area contributed by atoms with Gasteiger partial charge in [0.25, 0.3) is 0 Å². The summed E-state index contributed by atoms with van der Waals surface area (Å²) in [4.78, 5) is 0. The van der Waals surface area contributed by atoms with Gasteiger partial charge in [-0.2, -0.15) is 5.26 Å². The molecule has 0 aliphatic heterocycles. The summed E-state index contributed by atoms with van der Waals surface area (Å²) < 4.78 is 0. The van der Waals surface area contributed by atoms with Gasteiger partial charge < -0.3 is 5.32 Å². The zero-order chi connectivity index (χ0) is 14.5. The highest BCUT2D eigenvalue weighted by Crippen LogP contribution is 2.26. The topological polar surface area (TPSA) is 35.8 Å². The van der Waals surface area contributed by atoms with E-state index in [1.807, 2.05) is 12.1 Å². The van der Waals surface area contributed by atoms with E-state index in [1.165, 1.54) is 0 Å². The van der Waals surface area contributed by atoms with Crippen LogP contribution in [0.4, 0.5) is 5.69 Å². The molecule has 1 N–H and O–H groups in total. The van der Waals surface area contributed by atoms with E-state index in [-0.39, 0.29) is 0 Å². The van der Waals surface area contributed by atoms with Crippen LogP contribution in [0, 0.1) is 11.3 Å². The van der Waals surface area contributed by atoms with Gasteiger partial charge in [0.1, 0.15) is 0 Å². The molecule has 0 heterocycles. The van der Waals surface area contributed by atoms with E-state index in [2.05, 4.69) is 11.4 Å². The zero-order valence-electron chi connectivity index (χ0n) is 10.2. The van der Waals surface area contributed by atoms with Crippen molar-refractivity contribution in [1.29, 1.82) is 5.26 Å². The molecule has 0 spiro atoms. The second kappa shape index (κ2) is 6.67.